The number of nitrogens with zero attached hydrogens (tertiary/aromatic N) is 2. The summed E-state index contributed by atoms with van der Waals surface area (Å²) in [6.45, 7) is 1.62. The molecule has 1 amide bonds. The standard InChI is InChI=1S/C22H18ClN3O4S/c1-12-18(19-21(30-12)24-11-26(2)22(19)28)20(27)25-13-4-9-17(16(23)10-13)31-15-7-5-14(29-3)6-8-15/h4-11H,1-3H3,(H,25,27). The van der Waals surface area contributed by atoms with Crippen molar-refractivity contribution in [3.8, 4) is 5.75 Å². The van der Waals surface area contributed by atoms with Gasteiger partial charge in [-0.25, -0.2) is 4.98 Å². The number of anilines is 1. The van der Waals surface area contributed by atoms with E-state index in [1.165, 1.54) is 22.7 Å². The number of carbonyl (C=O) groups excluding carboxylic acids is 1. The van der Waals surface area contributed by atoms with Crippen LogP contribution in [-0.2, 0) is 7.05 Å². The summed E-state index contributed by atoms with van der Waals surface area (Å²) in [5.74, 6) is 0.634. The Morgan fingerprint density at radius 1 is 1.23 bits per heavy atom. The average Bonchev–Trinajstić information content (AvgIpc) is 3.10. The number of aryl methyl sites for hydroxylation is 2. The number of hydrogen-bond acceptors (Lipinski definition) is 6. The average molecular weight is 456 g/mol. The van der Waals surface area contributed by atoms with E-state index in [0.717, 1.165) is 15.5 Å². The van der Waals surface area contributed by atoms with Gasteiger partial charge in [0.1, 0.15) is 23.2 Å². The van der Waals surface area contributed by atoms with E-state index >= 15 is 0 Å². The maximum Gasteiger partial charge on any atom is 0.265 e. The highest BCUT2D eigenvalue weighted by Gasteiger charge is 2.22. The number of rotatable bonds is 5. The Labute approximate surface area is 187 Å². The molecule has 9 heteroatoms. The van der Waals surface area contributed by atoms with Crippen molar-refractivity contribution >= 4 is 46.1 Å². The highest BCUT2D eigenvalue weighted by Crippen LogP contribution is 2.35. The SMILES string of the molecule is COc1ccc(Sc2ccc(NC(=O)c3c(C)oc4ncn(C)c(=O)c34)cc2Cl)cc1. The molecule has 158 valence electrons. The highest BCUT2D eigenvalue weighted by atomic mass is 35.5. The molecule has 2 heterocycles. The van der Waals surface area contributed by atoms with Gasteiger partial charge < -0.3 is 19.0 Å². The van der Waals surface area contributed by atoms with Crippen LogP contribution in [0.1, 0.15) is 16.1 Å². The van der Waals surface area contributed by atoms with Crippen molar-refractivity contribution < 1.29 is 13.9 Å². The molecule has 0 aliphatic rings. The van der Waals surface area contributed by atoms with Crippen LogP contribution in [0.25, 0.3) is 11.1 Å². The van der Waals surface area contributed by atoms with Gasteiger partial charge in [-0.05, 0) is 49.4 Å². The second kappa shape index (κ2) is 8.49. The maximum atomic E-state index is 12.9. The summed E-state index contributed by atoms with van der Waals surface area (Å²) in [5.41, 5.74) is 0.450. The van der Waals surface area contributed by atoms with Crippen LogP contribution in [0.5, 0.6) is 5.75 Å². The van der Waals surface area contributed by atoms with Gasteiger partial charge in [-0.15, -0.1) is 0 Å². The first-order valence-corrected chi connectivity index (χ1v) is 10.4. The quantitative estimate of drug-likeness (QED) is 0.460. The number of hydrogen-bond donors (Lipinski definition) is 1. The summed E-state index contributed by atoms with van der Waals surface area (Å²) < 4.78 is 12.0. The maximum absolute atomic E-state index is 12.9. The molecule has 2 aromatic heterocycles. The minimum absolute atomic E-state index is 0.134. The third kappa shape index (κ3) is 4.17. The number of nitrogens with one attached hydrogen (secondary N) is 1. The van der Waals surface area contributed by atoms with Gasteiger partial charge in [0, 0.05) is 22.5 Å². The lowest BCUT2D eigenvalue weighted by Crippen LogP contribution is -2.20. The molecule has 0 fully saturated rings. The lowest BCUT2D eigenvalue weighted by atomic mass is 10.1. The van der Waals surface area contributed by atoms with Crippen molar-refractivity contribution in [1.82, 2.24) is 9.55 Å². The Balaban J connectivity index is 1.57. The van der Waals surface area contributed by atoms with Crippen LogP contribution in [0.3, 0.4) is 0 Å². The minimum Gasteiger partial charge on any atom is -0.497 e. The molecule has 31 heavy (non-hydrogen) atoms. The molecular formula is C22H18ClN3O4S. The van der Waals surface area contributed by atoms with E-state index in [1.807, 2.05) is 30.3 Å². The molecule has 0 aliphatic heterocycles. The van der Waals surface area contributed by atoms with E-state index in [9.17, 15) is 9.59 Å². The monoisotopic (exact) mass is 455 g/mol. The first kappa shape index (κ1) is 21.0. The van der Waals surface area contributed by atoms with Crippen molar-refractivity contribution in [3.05, 3.63) is 75.5 Å². The van der Waals surface area contributed by atoms with Crippen LogP contribution in [0.15, 0.2) is 67.8 Å². The molecule has 0 aliphatic carbocycles. The molecule has 1 N–H and O–H groups in total. The van der Waals surface area contributed by atoms with Crippen molar-refractivity contribution in [1.29, 1.82) is 0 Å². The lowest BCUT2D eigenvalue weighted by molar-refractivity contribution is 0.102. The van der Waals surface area contributed by atoms with Crippen LogP contribution in [0.4, 0.5) is 5.69 Å². The number of furan rings is 1. The fourth-order valence-corrected chi connectivity index (χ4v) is 4.20. The second-order valence-electron chi connectivity index (χ2n) is 6.75. The summed E-state index contributed by atoms with van der Waals surface area (Å²) >= 11 is 7.94. The predicted molar refractivity (Wildman–Crippen MR) is 121 cm³/mol. The zero-order valence-electron chi connectivity index (χ0n) is 16.9. The van der Waals surface area contributed by atoms with Crippen LogP contribution >= 0.6 is 23.4 Å². The first-order valence-electron chi connectivity index (χ1n) is 9.25. The van der Waals surface area contributed by atoms with E-state index in [2.05, 4.69) is 10.3 Å². The smallest absolute Gasteiger partial charge is 0.265 e. The van der Waals surface area contributed by atoms with Gasteiger partial charge in [-0.3, -0.25) is 9.59 Å². The lowest BCUT2D eigenvalue weighted by Gasteiger charge is -2.09. The Bertz CT molecular complexity index is 1350. The van der Waals surface area contributed by atoms with E-state index in [1.54, 1.807) is 33.2 Å². The van der Waals surface area contributed by atoms with Crippen LogP contribution < -0.4 is 15.6 Å². The summed E-state index contributed by atoms with van der Waals surface area (Å²) in [6, 6.07) is 12.9. The molecule has 0 saturated carbocycles. The zero-order valence-corrected chi connectivity index (χ0v) is 18.5. The molecule has 0 spiro atoms. The van der Waals surface area contributed by atoms with Crippen molar-refractivity contribution in [2.45, 2.75) is 16.7 Å². The van der Waals surface area contributed by atoms with E-state index < -0.39 is 5.91 Å². The molecule has 0 saturated heterocycles. The van der Waals surface area contributed by atoms with Crippen LogP contribution in [0.2, 0.25) is 5.02 Å². The molecule has 2 aromatic carbocycles. The third-order valence-electron chi connectivity index (χ3n) is 4.65. The molecule has 0 atom stereocenters. The van der Waals surface area contributed by atoms with Gasteiger partial charge in [-0.1, -0.05) is 23.4 Å². The van der Waals surface area contributed by atoms with Crippen LogP contribution in [-0.4, -0.2) is 22.6 Å². The number of fused-ring (bicyclic) bond motifs is 1. The Morgan fingerprint density at radius 2 is 1.97 bits per heavy atom. The number of amides is 1. The van der Waals surface area contributed by atoms with Crippen molar-refractivity contribution in [2.24, 2.45) is 7.05 Å². The van der Waals surface area contributed by atoms with Gasteiger partial charge in [0.15, 0.2) is 0 Å². The number of benzene rings is 2. The molecular weight excluding hydrogens is 438 g/mol. The van der Waals surface area contributed by atoms with Gasteiger partial charge >= 0.3 is 0 Å². The van der Waals surface area contributed by atoms with Crippen molar-refractivity contribution in [3.63, 3.8) is 0 Å². The minimum atomic E-state index is -0.465. The van der Waals surface area contributed by atoms with Crippen LogP contribution in [0, 0.1) is 6.92 Å². The normalized spacial score (nSPS) is 11.0. The molecule has 7 nitrogen and oxygen atoms in total. The Kier molecular flexibility index (Phi) is 5.75. The largest absolute Gasteiger partial charge is 0.497 e. The second-order valence-corrected chi connectivity index (χ2v) is 8.27. The molecule has 0 unspecified atom stereocenters. The van der Waals surface area contributed by atoms with Gasteiger partial charge in [0.25, 0.3) is 11.5 Å². The summed E-state index contributed by atoms with van der Waals surface area (Å²) in [6.07, 6.45) is 1.36. The van der Waals surface area contributed by atoms with E-state index in [0.29, 0.717) is 16.5 Å². The first-order chi connectivity index (χ1) is 14.9. The summed E-state index contributed by atoms with van der Waals surface area (Å²) in [4.78, 5) is 31.3. The Morgan fingerprint density at radius 3 is 2.65 bits per heavy atom. The summed E-state index contributed by atoms with van der Waals surface area (Å²) in [5, 5.41) is 3.43. The number of halogens is 1. The predicted octanol–water partition coefficient (Wildman–Crippen LogP) is 4.90. The number of carbonyl (C=O) groups is 1. The van der Waals surface area contributed by atoms with E-state index in [4.69, 9.17) is 20.8 Å². The molecule has 4 rings (SSSR count). The zero-order chi connectivity index (χ0) is 22.1. The molecule has 4 aromatic rings. The van der Waals surface area contributed by atoms with Gasteiger partial charge in [-0.2, -0.15) is 0 Å². The Hall–Kier alpha value is -3.23. The number of methoxy groups -OCH3 is 1. The van der Waals surface area contributed by atoms with E-state index in [-0.39, 0.29) is 22.2 Å². The van der Waals surface area contributed by atoms with Gasteiger partial charge in [0.05, 0.1) is 17.7 Å². The third-order valence-corrected chi connectivity index (χ3v) is 6.16. The van der Waals surface area contributed by atoms with Crippen molar-refractivity contribution in [2.75, 3.05) is 12.4 Å². The summed E-state index contributed by atoms with van der Waals surface area (Å²) in [7, 11) is 3.19. The highest BCUT2D eigenvalue weighted by molar-refractivity contribution is 7.99. The fraction of sp³-hybridized carbons (Fsp3) is 0.136. The topological polar surface area (TPSA) is 86.4 Å². The molecule has 0 radical (unpaired) electrons. The number of ether oxygens (including phenoxy) is 1. The fourth-order valence-electron chi connectivity index (χ4n) is 3.09. The van der Waals surface area contributed by atoms with Gasteiger partial charge in [0.2, 0.25) is 5.71 Å². The number of aromatic nitrogens is 2. The molecule has 0 bridgehead atoms.